The van der Waals surface area contributed by atoms with Crippen molar-refractivity contribution in [3.63, 3.8) is 0 Å². The molecule has 170 valence electrons. The van der Waals surface area contributed by atoms with E-state index in [2.05, 4.69) is 4.74 Å². The Morgan fingerprint density at radius 2 is 1.47 bits per heavy atom. The molecule has 2 aromatic carbocycles. The lowest BCUT2D eigenvalue weighted by molar-refractivity contribution is -0.143. The standard InChI is InChI=1S/C17H10B2F7NO3.C2H6/c1-8-6-9(15(21,22)23)7-12(16(24,25)26)13(8)30-14(28)27(17(18,19)29)11-4-2-10(20)3-5-11;1-2/h2-7,29H,1H3;1-2H3. The second kappa shape index (κ2) is 9.85. The first-order chi connectivity index (χ1) is 14.5. The second-order valence-corrected chi connectivity index (χ2v) is 6.13. The smallest absolute Gasteiger partial charge is 0.409 e. The van der Waals surface area contributed by atoms with E-state index in [1.54, 1.807) is 0 Å². The van der Waals surface area contributed by atoms with Crippen molar-refractivity contribution < 1.29 is 45.4 Å². The van der Waals surface area contributed by atoms with Crippen molar-refractivity contribution in [3.05, 3.63) is 58.9 Å². The minimum absolute atomic E-state index is 0.0870. The van der Waals surface area contributed by atoms with Crippen molar-refractivity contribution in [3.8, 4) is 5.75 Å². The van der Waals surface area contributed by atoms with Crippen molar-refractivity contribution >= 4 is 27.5 Å². The van der Waals surface area contributed by atoms with Crippen LogP contribution in [0.3, 0.4) is 0 Å². The number of rotatable bonds is 3. The average molecular weight is 461 g/mol. The van der Waals surface area contributed by atoms with Gasteiger partial charge in [0.05, 0.1) is 16.7 Å². The van der Waals surface area contributed by atoms with Gasteiger partial charge in [0, 0.05) is 5.69 Å². The van der Waals surface area contributed by atoms with E-state index in [9.17, 15) is 40.6 Å². The molecule has 0 saturated heterocycles. The van der Waals surface area contributed by atoms with E-state index >= 15 is 0 Å². The molecule has 0 unspecified atom stereocenters. The van der Waals surface area contributed by atoms with Gasteiger partial charge in [0.2, 0.25) is 0 Å². The van der Waals surface area contributed by atoms with Gasteiger partial charge in [0.25, 0.3) is 0 Å². The topological polar surface area (TPSA) is 49.8 Å². The molecule has 0 aromatic heterocycles. The molecule has 0 aliphatic rings. The van der Waals surface area contributed by atoms with E-state index in [4.69, 9.17) is 15.7 Å². The molecular weight excluding hydrogens is 445 g/mol. The van der Waals surface area contributed by atoms with Crippen molar-refractivity contribution in [2.45, 2.75) is 38.6 Å². The summed E-state index contributed by atoms with van der Waals surface area (Å²) in [5, 5.41) is 9.81. The molecule has 0 atom stereocenters. The number of carbonyl (C=O) groups excluding carboxylic acids is 1. The number of benzene rings is 2. The Kier molecular flexibility index (Phi) is 8.41. The summed E-state index contributed by atoms with van der Waals surface area (Å²) in [6.45, 7) is 4.85. The van der Waals surface area contributed by atoms with E-state index in [1.165, 1.54) is 0 Å². The molecule has 0 bridgehead atoms. The SMILES string of the molecule is CC.[B]C([B])(O)N(C(=O)Oc1c(C)cc(C(F)(F)F)cc1C(F)(F)F)c1ccc(F)cc1. The maximum atomic E-state index is 13.3. The molecule has 0 fully saturated rings. The van der Waals surface area contributed by atoms with Gasteiger partial charge in [-0.2, -0.15) is 26.3 Å². The van der Waals surface area contributed by atoms with Crippen LogP contribution in [0.1, 0.15) is 30.5 Å². The molecule has 0 aliphatic heterocycles. The molecule has 32 heavy (non-hydrogen) atoms. The van der Waals surface area contributed by atoms with Crippen LogP contribution in [-0.2, 0) is 12.4 Å². The lowest BCUT2D eigenvalue weighted by Crippen LogP contribution is -2.54. The Hall–Kier alpha value is -2.69. The number of hydrogen-bond acceptors (Lipinski definition) is 3. The number of halogens is 7. The number of anilines is 1. The number of aryl methyl sites for hydroxylation is 1. The van der Waals surface area contributed by atoms with Gasteiger partial charge in [-0.05, 0) is 48.9 Å². The first-order valence-electron chi connectivity index (χ1n) is 8.88. The van der Waals surface area contributed by atoms with Gasteiger partial charge in [-0.25, -0.2) is 9.18 Å². The van der Waals surface area contributed by atoms with E-state index in [0.717, 1.165) is 31.2 Å². The number of nitrogens with zero attached hydrogens (tertiary/aromatic N) is 1. The molecule has 0 saturated carbocycles. The van der Waals surface area contributed by atoms with Crippen molar-refractivity contribution in [2.75, 3.05) is 4.90 Å². The van der Waals surface area contributed by atoms with E-state index in [0.29, 0.717) is 6.07 Å². The zero-order valence-electron chi connectivity index (χ0n) is 17.0. The molecule has 13 heteroatoms. The van der Waals surface area contributed by atoms with Crippen molar-refractivity contribution in [1.82, 2.24) is 0 Å². The molecule has 2 rings (SSSR count). The Morgan fingerprint density at radius 1 is 0.969 bits per heavy atom. The van der Waals surface area contributed by atoms with Crippen LogP contribution in [0.2, 0.25) is 0 Å². The molecule has 0 spiro atoms. The summed E-state index contributed by atoms with van der Waals surface area (Å²) in [6, 6.07) is 3.58. The first-order valence-corrected chi connectivity index (χ1v) is 8.88. The van der Waals surface area contributed by atoms with Crippen LogP contribution in [0, 0.1) is 12.7 Å². The zero-order valence-corrected chi connectivity index (χ0v) is 17.0. The van der Waals surface area contributed by atoms with Crippen LogP contribution in [0.15, 0.2) is 36.4 Å². The van der Waals surface area contributed by atoms with Gasteiger partial charge >= 0.3 is 18.4 Å². The normalized spacial score (nSPS) is 12.0. The molecule has 2 aromatic rings. The van der Waals surface area contributed by atoms with Crippen LogP contribution in [0.4, 0.5) is 41.2 Å². The highest BCUT2D eigenvalue weighted by atomic mass is 19.4. The third kappa shape index (κ3) is 6.65. The fraction of sp³-hybridized carbons (Fsp3) is 0.316. The van der Waals surface area contributed by atoms with Gasteiger partial charge in [0.15, 0.2) is 0 Å². The summed E-state index contributed by atoms with van der Waals surface area (Å²) < 4.78 is 96.4. The molecular formula is C19H16B2F7NO3. The first kappa shape index (κ1) is 27.3. The van der Waals surface area contributed by atoms with Gasteiger partial charge in [-0.15, -0.1) is 0 Å². The highest BCUT2D eigenvalue weighted by Crippen LogP contribution is 2.42. The van der Waals surface area contributed by atoms with Crippen LogP contribution < -0.4 is 9.64 Å². The van der Waals surface area contributed by atoms with Crippen LogP contribution in [0.25, 0.3) is 0 Å². The fourth-order valence-electron chi connectivity index (χ4n) is 2.47. The number of ether oxygens (including phenoxy) is 1. The predicted molar refractivity (Wildman–Crippen MR) is 104 cm³/mol. The molecule has 0 heterocycles. The number of hydrogen-bond donors (Lipinski definition) is 1. The van der Waals surface area contributed by atoms with Crippen LogP contribution >= 0.6 is 0 Å². The van der Waals surface area contributed by atoms with Gasteiger partial charge < -0.3 is 9.84 Å². The Morgan fingerprint density at radius 3 is 1.88 bits per heavy atom. The summed E-state index contributed by atoms with van der Waals surface area (Å²) in [6.07, 6.45) is -12.2. The minimum atomic E-state index is -5.33. The number of amides is 1. The van der Waals surface area contributed by atoms with Gasteiger partial charge in [0.1, 0.15) is 27.3 Å². The molecule has 0 aliphatic carbocycles. The molecule has 4 radical (unpaired) electrons. The van der Waals surface area contributed by atoms with E-state index < -0.39 is 52.2 Å². The second-order valence-electron chi connectivity index (χ2n) is 6.13. The third-order valence-corrected chi connectivity index (χ3v) is 3.72. The third-order valence-electron chi connectivity index (χ3n) is 3.72. The maximum absolute atomic E-state index is 13.3. The predicted octanol–water partition coefficient (Wildman–Crippen LogP) is 5.14. The highest BCUT2D eigenvalue weighted by molar-refractivity contribution is 6.42. The van der Waals surface area contributed by atoms with Crippen LogP contribution in [-0.4, -0.2) is 32.4 Å². The van der Waals surface area contributed by atoms with Gasteiger partial charge in [-0.1, -0.05) is 13.8 Å². The van der Waals surface area contributed by atoms with Crippen molar-refractivity contribution in [2.24, 2.45) is 0 Å². The number of aliphatic hydroxyl groups is 1. The summed E-state index contributed by atoms with van der Waals surface area (Å²) in [5.41, 5.74) is -7.56. The lowest BCUT2D eigenvalue weighted by atomic mass is 9.72. The maximum Gasteiger partial charge on any atom is 0.420 e. The Bertz CT molecular complexity index is 940. The van der Waals surface area contributed by atoms with E-state index in [1.807, 2.05) is 13.8 Å². The minimum Gasteiger partial charge on any atom is -0.409 e. The summed E-state index contributed by atoms with van der Waals surface area (Å²) in [5.74, 6) is -2.01. The van der Waals surface area contributed by atoms with Gasteiger partial charge in [-0.3, -0.25) is 4.90 Å². The number of carbonyl (C=O) groups is 1. The van der Waals surface area contributed by atoms with Crippen molar-refractivity contribution in [1.29, 1.82) is 0 Å². The Balaban J connectivity index is 0.00000249. The largest absolute Gasteiger partial charge is 0.420 e. The Labute approximate surface area is 181 Å². The van der Waals surface area contributed by atoms with E-state index in [-0.39, 0.29) is 16.7 Å². The average Bonchev–Trinajstić information content (AvgIpc) is 2.63. The highest BCUT2D eigenvalue weighted by Gasteiger charge is 2.41. The lowest BCUT2D eigenvalue weighted by Gasteiger charge is -2.35. The molecule has 1 N–H and O–H groups in total. The quantitative estimate of drug-likeness (QED) is 0.392. The fourth-order valence-corrected chi connectivity index (χ4v) is 2.47. The monoisotopic (exact) mass is 461 g/mol. The zero-order chi connectivity index (χ0) is 25.1. The summed E-state index contributed by atoms with van der Waals surface area (Å²) in [7, 11) is 10.5. The number of alkyl halides is 6. The van der Waals surface area contributed by atoms with Crippen LogP contribution in [0.5, 0.6) is 5.75 Å². The molecule has 4 nitrogen and oxygen atoms in total. The summed E-state index contributed by atoms with van der Waals surface area (Å²) in [4.78, 5) is 12.5. The summed E-state index contributed by atoms with van der Waals surface area (Å²) >= 11 is 0. The molecule has 1 amide bonds.